The van der Waals surface area contributed by atoms with E-state index in [1.807, 2.05) is 6.07 Å². The summed E-state index contributed by atoms with van der Waals surface area (Å²) in [5.41, 5.74) is 0.891. The first kappa shape index (κ1) is 13.9. The molecule has 0 unspecified atom stereocenters. The molecular weight excluding hydrogens is 278 g/mol. The summed E-state index contributed by atoms with van der Waals surface area (Å²) in [7, 11) is 1.47. The first-order chi connectivity index (χ1) is 9.67. The average Bonchev–Trinajstić information content (AvgIpc) is 2.49. The van der Waals surface area contributed by atoms with Gasteiger partial charge in [0, 0.05) is 6.07 Å². The van der Waals surface area contributed by atoms with E-state index in [0.29, 0.717) is 39.7 Å². The SMILES string of the molecule is COc1cc(Oc2ccc(C#N)cc2Cl)ccc1C=O. The molecular formula is C15H10ClNO3. The number of halogens is 1. The summed E-state index contributed by atoms with van der Waals surface area (Å²) in [6, 6.07) is 11.6. The standard InChI is InChI=1S/C15H10ClNO3/c1-19-15-7-12(4-3-11(15)9-18)20-14-5-2-10(8-17)6-13(14)16/h2-7,9H,1H3. The number of nitriles is 1. The molecule has 2 rings (SSSR count). The molecule has 4 nitrogen and oxygen atoms in total. The van der Waals surface area contributed by atoms with Gasteiger partial charge in [-0.3, -0.25) is 4.79 Å². The third kappa shape index (κ3) is 2.90. The maximum absolute atomic E-state index is 10.8. The van der Waals surface area contributed by atoms with Gasteiger partial charge in [-0.1, -0.05) is 11.6 Å². The van der Waals surface area contributed by atoms with Crippen LogP contribution in [0.1, 0.15) is 15.9 Å². The quantitative estimate of drug-likeness (QED) is 0.802. The van der Waals surface area contributed by atoms with Gasteiger partial charge in [0.15, 0.2) is 6.29 Å². The van der Waals surface area contributed by atoms with Crippen molar-refractivity contribution in [1.29, 1.82) is 5.26 Å². The Bertz CT molecular complexity index is 692. The molecule has 0 radical (unpaired) electrons. The molecule has 5 heteroatoms. The van der Waals surface area contributed by atoms with E-state index in [0.717, 1.165) is 0 Å². The van der Waals surface area contributed by atoms with Gasteiger partial charge in [0.2, 0.25) is 0 Å². The number of carbonyl (C=O) groups is 1. The molecule has 0 spiro atoms. The van der Waals surface area contributed by atoms with Gasteiger partial charge in [-0.05, 0) is 30.3 Å². The van der Waals surface area contributed by atoms with Crippen LogP contribution in [0.15, 0.2) is 36.4 Å². The van der Waals surface area contributed by atoms with Crippen LogP contribution in [0.3, 0.4) is 0 Å². The fraction of sp³-hybridized carbons (Fsp3) is 0.0667. The fourth-order valence-electron chi connectivity index (χ4n) is 1.63. The molecule has 0 N–H and O–H groups in total. The Kier molecular flexibility index (Phi) is 4.24. The number of ether oxygens (including phenoxy) is 2. The Hall–Kier alpha value is -2.51. The van der Waals surface area contributed by atoms with Crippen molar-refractivity contribution in [3.63, 3.8) is 0 Å². The number of rotatable bonds is 4. The summed E-state index contributed by atoms with van der Waals surface area (Å²) in [5.74, 6) is 1.33. The summed E-state index contributed by atoms with van der Waals surface area (Å²) in [6.45, 7) is 0. The van der Waals surface area contributed by atoms with Crippen LogP contribution in [-0.2, 0) is 0 Å². The van der Waals surface area contributed by atoms with Crippen LogP contribution >= 0.6 is 11.6 Å². The Morgan fingerprint density at radius 2 is 2.00 bits per heavy atom. The number of carbonyl (C=O) groups excluding carboxylic acids is 1. The second kappa shape index (κ2) is 6.09. The number of methoxy groups -OCH3 is 1. The molecule has 0 aliphatic heterocycles. The van der Waals surface area contributed by atoms with Crippen molar-refractivity contribution in [3.05, 3.63) is 52.5 Å². The van der Waals surface area contributed by atoms with Crippen molar-refractivity contribution < 1.29 is 14.3 Å². The topological polar surface area (TPSA) is 59.3 Å². The van der Waals surface area contributed by atoms with E-state index in [-0.39, 0.29) is 0 Å². The van der Waals surface area contributed by atoms with Crippen LogP contribution in [0, 0.1) is 11.3 Å². The highest BCUT2D eigenvalue weighted by Crippen LogP contribution is 2.32. The van der Waals surface area contributed by atoms with Crippen molar-refractivity contribution in [3.8, 4) is 23.3 Å². The fourth-order valence-corrected chi connectivity index (χ4v) is 1.85. The molecule has 0 heterocycles. The molecule has 20 heavy (non-hydrogen) atoms. The molecule has 0 aromatic heterocycles. The maximum atomic E-state index is 10.8. The molecule has 2 aromatic rings. The third-order valence-electron chi connectivity index (χ3n) is 2.62. The van der Waals surface area contributed by atoms with Gasteiger partial charge in [-0.2, -0.15) is 5.26 Å². The average molecular weight is 288 g/mol. The molecule has 0 amide bonds. The Balaban J connectivity index is 2.31. The molecule has 0 saturated carbocycles. The zero-order valence-electron chi connectivity index (χ0n) is 10.6. The van der Waals surface area contributed by atoms with E-state index in [2.05, 4.69) is 0 Å². The predicted octanol–water partition coefficient (Wildman–Crippen LogP) is 3.83. The van der Waals surface area contributed by atoms with Gasteiger partial charge < -0.3 is 9.47 Å². The van der Waals surface area contributed by atoms with Crippen molar-refractivity contribution in [2.45, 2.75) is 0 Å². The summed E-state index contributed by atoms with van der Waals surface area (Å²) in [6.07, 6.45) is 0.706. The lowest BCUT2D eigenvalue weighted by Crippen LogP contribution is -1.92. The van der Waals surface area contributed by atoms with Gasteiger partial charge in [0.1, 0.15) is 17.2 Å². The predicted molar refractivity (Wildman–Crippen MR) is 74.6 cm³/mol. The zero-order valence-corrected chi connectivity index (χ0v) is 11.3. The van der Waals surface area contributed by atoms with Crippen molar-refractivity contribution in [2.24, 2.45) is 0 Å². The molecule has 0 aliphatic carbocycles. The minimum atomic E-state index is 0.336. The first-order valence-corrected chi connectivity index (χ1v) is 6.06. The van der Waals surface area contributed by atoms with Crippen LogP contribution in [0.5, 0.6) is 17.2 Å². The summed E-state index contributed by atoms with van der Waals surface area (Å²) in [4.78, 5) is 10.8. The largest absolute Gasteiger partial charge is 0.496 e. The molecule has 0 atom stereocenters. The van der Waals surface area contributed by atoms with E-state index in [9.17, 15) is 4.79 Å². The summed E-state index contributed by atoms with van der Waals surface area (Å²) in [5, 5.41) is 9.11. The van der Waals surface area contributed by atoms with E-state index >= 15 is 0 Å². The minimum Gasteiger partial charge on any atom is -0.496 e. The molecule has 2 aromatic carbocycles. The normalized spacial score (nSPS) is 9.65. The Labute approximate surface area is 121 Å². The third-order valence-corrected chi connectivity index (χ3v) is 2.92. The lowest BCUT2D eigenvalue weighted by atomic mass is 10.2. The summed E-state index contributed by atoms with van der Waals surface area (Å²) < 4.78 is 10.7. The maximum Gasteiger partial charge on any atom is 0.153 e. The van der Waals surface area contributed by atoms with Crippen LogP contribution in [0.25, 0.3) is 0 Å². The monoisotopic (exact) mass is 287 g/mol. The van der Waals surface area contributed by atoms with Crippen molar-refractivity contribution in [1.82, 2.24) is 0 Å². The van der Waals surface area contributed by atoms with Crippen molar-refractivity contribution >= 4 is 17.9 Å². The van der Waals surface area contributed by atoms with Gasteiger partial charge >= 0.3 is 0 Å². The zero-order chi connectivity index (χ0) is 14.5. The highest BCUT2D eigenvalue weighted by Gasteiger charge is 2.08. The van der Waals surface area contributed by atoms with Crippen LogP contribution in [0.4, 0.5) is 0 Å². The number of aldehydes is 1. The lowest BCUT2D eigenvalue weighted by Gasteiger charge is -2.10. The Morgan fingerprint density at radius 1 is 1.20 bits per heavy atom. The molecule has 0 aliphatic rings. The molecule has 0 saturated heterocycles. The molecule has 100 valence electrons. The van der Waals surface area contributed by atoms with Crippen LogP contribution in [-0.4, -0.2) is 13.4 Å². The highest BCUT2D eigenvalue weighted by molar-refractivity contribution is 6.32. The smallest absolute Gasteiger partial charge is 0.153 e. The van der Waals surface area contributed by atoms with Gasteiger partial charge in [-0.15, -0.1) is 0 Å². The first-order valence-electron chi connectivity index (χ1n) is 5.68. The van der Waals surface area contributed by atoms with Gasteiger partial charge in [0.25, 0.3) is 0 Å². The number of hydrogen-bond donors (Lipinski definition) is 0. The second-order valence-electron chi connectivity index (χ2n) is 3.88. The lowest BCUT2D eigenvalue weighted by molar-refractivity contribution is 0.112. The highest BCUT2D eigenvalue weighted by atomic mass is 35.5. The van der Waals surface area contributed by atoms with Gasteiger partial charge in [0.05, 0.1) is 29.3 Å². The van der Waals surface area contributed by atoms with E-state index in [4.69, 9.17) is 26.3 Å². The van der Waals surface area contributed by atoms with E-state index in [1.165, 1.54) is 13.2 Å². The molecule has 0 bridgehead atoms. The van der Waals surface area contributed by atoms with Crippen LogP contribution < -0.4 is 9.47 Å². The van der Waals surface area contributed by atoms with Crippen molar-refractivity contribution in [2.75, 3.05) is 7.11 Å². The van der Waals surface area contributed by atoms with Crippen LogP contribution in [0.2, 0.25) is 5.02 Å². The number of hydrogen-bond acceptors (Lipinski definition) is 4. The number of nitrogens with zero attached hydrogens (tertiary/aromatic N) is 1. The minimum absolute atomic E-state index is 0.336. The Morgan fingerprint density at radius 3 is 2.60 bits per heavy atom. The van der Waals surface area contributed by atoms with Gasteiger partial charge in [-0.25, -0.2) is 0 Å². The molecule has 0 fully saturated rings. The number of benzene rings is 2. The second-order valence-corrected chi connectivity index (χ2v) is 4.29. The van der Waals surface area contributed by atoms with E-state index in [1.54, 1.807) is 30.3 Å². The summed E-state index contributed by atoms with van der Waals surface area (Å²) >= 11 is 6.03. The van der Waals surface area contributed by atoms with E-state index < -0.39 is 0 Å².